The van der Waals surface area contributed by atoms with E-state index in [9.17, 15) is 4.79 Å². The summed E-state index contributed by atoms with van der Waals surface area (Å²) in [6.07, 6.45) is 3.10. The van der Waals surface area contributed by atoms with Crippen LogP contribution in [0.2, 0.25) is 0 Å². The number of benzene rings is 1. The zero-order chi connectivity index (χ0) is 14.3. The van der Waals surface area contributed by atoms with Gasteiger partial charge in [-0.05, 0) is 44.4 Å². The molecule has 0 bridgehead atoms. The number of oxazole rings is 1. The Morgan fingerprint density at radius 2 is 2.10 bits per heavy atom. The normalized spacial score (nSPS) is 15.2. The van der Waals surface area contributed by atoms with Gasteiger partial charge in [-0.1, -0.05) is 6.07 Å². The molecule has 1 aromatic heterocycles. The van der Waals surface area contributed by atoms with Crippen LogP contribution in [-0.2, 0) is 4.79 Å². The molecule has 1 aliphatic carbocycles. The second kappa shape index (κ2) is 5.50. The minimum atomic E-state index is -0.676. The van der Waals surface area contributed by atoms with E-state index in [1.54, 1.807) is 6.26 Å². The van der Waals surface area contributed by atoms with Gasteiger partial charge in [0.1, 0.15) is 6.26 Å². The quantitative estimate of drug-likeness (QED) is 0.913. The van der Waals surface area contributed by atoms with Crippen LogP contribution in [0.1, 0.15) is 24.1 Å². The molecular weight excluding hydrogens is 290 g/mol. The molecule has 1 aromatic carbocycles. The number of nitrogens with one attached hydrogen (secondary N) is 1. The van der Waals surface area contributed by atoms with E-state index >= 15 is 0 Å². The minimum Gasteiger partial charge on any atom is -0.444 e. The molecule has 0 saturated heterocycles. The van der Waals surface area contributed by atoms with E-state index in [1.165, 1.54) is 0 Å². The first-order chi connectivity index (χ1) is 9.48. The topological polar surface area (TPSA) is 81.2 Å². The molecule has 5 nitrogen and oxygen atoms in total. The maximum Gasteiger partial charge on any atom is 0.244 e. The molecule has 6 heteroatoms. The maximum atomic E-state index is 12.0. The fraction of sp³-hybridized carbons (Fsp3) is 0.333. The smallest absolute Gasteiger partial charge is 0.244 e. The molecular formula is C15H18ClN3O2. The number of amides is 1. The number of anilines is 1. The van der Waals surface area contributed by atoms with Gasteiger partial charge < -0.3 is 15.5 Å². The van der Waals surface area contributed by atoms with Gasteiger partial charge in [-0.2, -0.15) is 0 Å². The summed E-state index contributed by atoms with van der Waals surface area (Å²) in [6, 6.07) is 5.66. The highest BCUT2D eigenvalue weighted by molar-refractivity contribution is 6.00. The Morgan fingerprint density at radius 1 is 1.38 bits per heavy atom. The highest BCUT2D eigenvalue weighted by Gasteiger charge is 2.45. The van der Waals surface area contributed by atoms with Gasteiger partial charge in [0.25, 0.3) is 0 Å². The largest absolute Gasteiger partial charge is 0.444 e. The van der Waals surface area contributed by atoms with Crippen molar-refractivity contribution in [2.75, 3.05) is 5.32 Å². The van der Waals surface area contributed by atoms with Crippen molar-refractivity contribution in [2.45, 2.75) is 32.2 Å². The van der Waals surface area contributed by atoms with Crippen molar-refractivity contribution >= 4 is 24.0 Å². The average molecular weight is 308 g/mol. The summed E-state index contributed by atoms with van der Waals surface area (Å²) < 4.78 is 5.42. The lowest BCUT2D eigenvalue weighted by Crippen LogP contribution is -2.37. The zero-order valence-corrected chi connectivity index (χ0v) is 12.8. The number of hydrogen-bond donors (Lipinski definition) is 2. The lowest BCUT2D eigenvalue weighted by atomic mass is 10.1. The van der Waals surface area contributed by atoms with Crippen LogP contribution in [0.25, 0.3) is 11.5 Å². The predicted molar refractivity (Wildman–Crippen MR) is 83.4 cm³/mol. The second-order valence-electron chi connectivity index (χ2n) is 5.43. The molecule has 0 radical (unpaired) electrons. The third-order valence-corrected chi connectivity index (χ3v) is 3.59. The van der Waals surface area contributed by atoms with E-state index in [2.05, 4.69) is 10.3 Å². The fourth-order valence-corrected chi connectivity index (χ4v) is 2.03. The van der Waals surface area contributed by atoms with E-state index < -0.39 is 5.54 Å². The Hall–Kier alpha value is -1.85. The Bertz CT molecular complexity index is 677. The molecule has 1 saturated carbocycles. The molecule has 0 spiro atoms. The number of hydrogen-bond acceptors (Lipinski definition) is 4. The molecule has 3 rings (SSSR count). The first-order valence-electron chi connectivity index (χ1n) is 6.61. The Morgan fingerprint density at radius 3 is 2.67 bits per heavy atom. The van der Waals surface area contributed by atoms with Crippen LogP contribution in [0.5, 0.6) is 0 Å². The number of carbonyl (C=O) groups excluding carboxylic acids is 1. The molecule has 0 aliphatic heterocycles. The van der Waals surface area contributed by atoms with Crippen LogP contribution >= 0.6 is 12.4 Å². The molecule has 1 fully saturated rings. The van der Waals surface area contributed by atoms with Gasteiger partial charge in [0.05, 0.1) is 11.2 Å². The molecule has 1 amide bonds. The third kappa shape index (κ3) is 3.09. The SMILES string of the molecule is Cc1coc(-c2cc(NC(=O)C3(N)CC3)ccc2C)n1.Cl. The summed E-state index contributed by atoms with van der Waals surface area (Å²) in [5, 5.41) is 2.86. The molecule has 1 aliphatic rings. The first-order valence-corrected chi connectivity index (χ1v) is 6.61. The second-order valence-corrected chi connectivity index (χ2v) is 5.43. The Labute approximate surface area is 129 Å². The first kappa shape index (κ1) is 15.5. The molecule has 112 valence electrons. The van der Waals surface area contributed by atoms with E-state index in [-0.39, 0.29) is 18.3 Å². The summed E-state index contributed by atoms with van der Waals surface area (Å²) in [5.41, 5.74) is 8.65. The lowest BCUT2D eigenvalue weighted by molar-refractivity contribution is -0.118. The van der Waals surface area contributed by atoms with Crippen LogP contribution < -0.4 is 11.1 Å². The van der Waals surface area contributed by atoms with Gasteiger partial charge in [0.2, 0.25) is 11.8 Å². The molecule has 3 N–H and O–H groups in total. The monoisotopic (exact) mass is 307 g/mol. The van der Waals surface area contributed by atoms with Crippen molar-refractivity contribution in [2.24, 2.45) is 5.73 Å². The highest BCUT2D eigenvalue weighted by atomic mass is 35.5. The number of halogens is 1. The van der Waals surface area contributed by atoms with Gasteiger partial charge in [0, 0.05) is 11.3 Å². The Kier molecular flexibility index (Phi) is 4.07. The van der Waals surface area contributed by atoms with Crippen LogP contribution in [-0.4, -0.2) is 16.4 Å². The molecule has 21 heavy (non-hydrogen) atoms. The van der Waals surface area contributed by atoms with Gasteiger partial charge in [0.15, 0.2) is 0 Å². The van der Waals surface area contributed by atoms with Crippen molar-refractivity contribution in [3.63, 3.8) is 0 Å². The number of aryl methyl sites for hydroxylation is 2. The van der Waals surface area contributed by atoms with Gasteiger partial charge >= 0.3 is 0 Å². The number of rotatable bonds is 3. The number of carbonyl (C=O) groups is 1. The van der Waals surface area contributed by atoms with Gasteiger partial charge in [-0.3, -0.25) is 4.79 Å². The molecule has 1 heterocycles. The lowest BCUT2D eigenvalue weighted by Gasteiger charge is -2.11. The van der Waals surface area contributed by atoms with E-state index in [0.717, 1.165) is 29.7 Å². The highest BCUT2D eigenvalue weighted by Crippen LogP contribution is 2.34. The molecule has 0 atom stereocenters. The summed E-state index contributed by atoms with van der Waals surface area (Å²) in [7, 11) is 0. The zero-order valence-electron chi connectivity index (χ0n) is 12.0. The van der Waals surface area contributed by atoms with Gasteiger partial charge in [-0.25, -0.2) is 4.98 Å². The van der Waals surface area contributed by atoms with Gasteiger partial charge in [-0.15, -0.1) is 12.4 Å². The van der Waals surface area contributed by atoms with Crippen LogP contribution in [0, 0.1) is 13.8 Å². The minimum absolute atomic E-state index is 0. The summed E-state index contributed by atoms with van der Waals surface area (Å²) >= 11 is 0. The maximum absolute atomic E-state index is 12.0. The summed E-state index contributed by atoms with van der Waals surface area (Å²) in [5.74, 6) is 0.431. The standard InChI is InChI=1S/C15H17N3O2.ClH/c1-9-3-4-11(18-14(19)15(16)5-6-15)7-12(9)13-17-10(2)8-20-13;/h3-4,7-8H,5-6,16H2,1-2H3,(H,18,19);1H. The number of nitrogens with two attached hydrogens (primary N) is 1. The van der Waals surface area contributed by atoms with E-state index in [0.29, 0.717) is 11.6 Å². The third-order valence-electron chi connectivity index (χ3n) is 3.59. The van der Waals surface area contributed by atoms with Crippen molar-refractivity contribution < 1.29 is 9.21 Å². The molecule has 0 unspecified atom stereocenters. The summed E-state index contributed by atoms with van der Waals surface area (Å²) in [6.45, 7) is 3.85. The average Bonchev–Trinajstić information content (AvgIpc) is 3.02. The number of nitrogens with zero attached hydrogens (tertiary/aromatic N) is 1. The van der Waals surface area contributed by atoms with E-state index in [4.69, 9.17) is 10.2 Å². The fourth-order valence-electron chi connectivity index (χ4n) is 2.03. The van der Waals surface area contributed by atoms with Crippen LogP contribution in [0.15, 0.2) is 28.9 Å². The Balaban J connectivity index is 0.00000161. The van der Waals surface area contributed by atoms with E-state index in [1.807, 2.05) is 32.0 Å². The summed E-state index contributed by atoms with van der Waals surface area (Å²) in [4.78, 5) is 16.3. The van der Waals surface area contributed by atoms with Crippen molar-refractivity contribution in [3.8, 4) is 11.5 Å². The predicted octanol–water partition coefficient (Wildman–Crippen LogP) is 2.81. The van der Waals surface area contributed by atoms with Crippen molar-refractivity contribution in [1.29, 1.82) is 0 Å². The van der Waals surface area contributed by atoms with Crippen molar-refractivity contribution in [3.05, 3.63) is 35.7 Å². The number of aromatic nitrogens is 1. The van der Waals surface area contributed by atoms with Crippen molar-refractivity contribution in [1.82, 2.24) is 4.98 Å². The van der Waals surface area contributed by atoms with Crippen LogP contribution in [0.4, 0.5) is 5.69 Å². The molecule has 2 aromatic rings. The van der Waals surface area contributed by atoms with Crippen LogP contribution in [0.3, 0.4) is 0 Å².